The number of rotatable bonds is 0. The van der Waals surface area contributed by atoms with Gasteiger partial charge in [-0.15, -0.1) is 0 Å². The molecule has 4 heteroatoms. The van der Waals surface area contributed by atoms with Crippen molar-refractivity contribution in [1.29, 1.82) is 0 Å². The Hall–Kier alpha value is -1.09. The molecule has 2 heterocycles. The highest BCUT2D eigenvalue weighted by Gasteiger charge is 2.23. The van der Waals surface area contributed by atoms with E-state index in [9.17, 15) is 4.79 Å². The number of Topliss-reactive ketones (excluding diaryl/α,β-unsaturated/α-hetero) is 1. The third-order valence-electron chi connectivity index (χ3n) is 1.50. The number of hydrogen-bond donors (Lipinski definition) is 0. The average Bonchev–Trinajstić information content (AvgIpc) is 2.34. The van der Waals surface area contributed by atoms with E-state index < -0.39 is 0 Å². The van der Waals surface area contributed by atoms with Crippen molar-refractivity contribution in [3.05, 3.63) is 23.0 Å². The van der Waals surface area contributed by atoms with E-state index in [1.165, 1.54) is 12.4 Å². The minimum absolute atomic E-state index is 0.0765. The molecule has 1 aromatic heterocycles. The highest BCUT2D eigenvalue weighted by molar-refractivity contribution is 6.34. The summed E-state index contributed by atoms with van der Waals surface area (Å²) in [6, 6.07) is 0. The minimum Gasteiger partial charge on any atom is -0.483 e. The van der Waals surface area contributed by atoms with Gasteiger partial charge in [0.25, 0.3) is 0 Å². The van der Waals surface area contributed by atoms with Crippen molar-refractivity contribution in [3.63, 3.8) is 0 Å². The largest absolute Gasteiger partial charge is 0.483 e. The van der Waals surface area contributed by atoms with Crippen molar-refractivity contribution in [3.8, 4) is 5.75 Å². The maximum atomic E-state index is 11.0. The van der Waals surface area contributed by atoms with Crippen LogP contribution in [0, 0.1) is 0 Å². The van der Waals surface area contributed by atoms with Crippen LogP contribution in [0.3, 0.4) is 0 Å². The van der Waals surface area contributed by atoms with Gasteiger partial charge in [0, 0.05) is 6.20 Å². The summed E-state index contributed by atoms with van der Waals surface area (Å²) in [7, 11) is 0. The predicted molar refractivity (Wildman–Crippen MR) is 39.1 cm³/mol. The lowest BCUT2D eigenvalue weighted by Crippen LogP contribution is -1.99. The van der Waals surface area contributed by atoms with Gasteiger partial charge in [-0.25, -0.2) is 0 Å². The Morgan fingerprint density at radius 2 is 2.36 bits per heavy atom. The van der Waals surface area contributed by atoms with E-state index in [0.717, 1.165) is 0 Å². The van der Waals surface area contributed by atoms with Gasteiger partial charge in [0.2, 0.25) is 5.78 Å². The molecule has 0 bridgehead atoms. The fourth-order valence-electron chi connectivity index (χ4n) is 1.01. The number of halogens is 1. The number of ether oxygens (including phenoxy) is 1. The van der Waals surface area contributed by atoms with Crippen molar-refractivity contribution < 1.29 is 9.53 Å². The molecule has 0 fully saturated rings. The van der Waals surface area contributed by atoms with Gasteiger partial charge < -0.3 is 4.74 Å². The Bertz CT molecular complexity index is 324. The molecule has 1 aliphatic heterocycles. The summed E-state index contributed by atoms with van der Waals surface area (Å²) in [5.41, 5.74) is 0.460. The van der Waals surface area contributed by atoms with Crippen LogP contribution in [0.25, 0.3) is 0 Å². The summed E-state index contributed by atoms with van der Waals surface area (Å²) in [5, 5.41) is 0.366. The summed E-state index contributed by atoms with van der Waals surface area (Å²) in [6.45, 7) is 0.0841. The Morgan fingerprint density at radius 1 is 1.55 bits per heavy atom. The first-order valence-electron chi connectivity index (χ1n) is 3.08. The second-order valence-corrected chi connectivity index (χ2v) is 2.61. The molecule has 0 atom stereocenters. The van der Waals surface area contributed by atoms with E-state index >= 15 is 0 Å². The number of pyridine rings is 1. The van der Waals surface area contributed by atoms with Crippen molar-refractivity contribution in [2.75, 3.05) is 6.61 Å². The van der Waals surface area contributed by atoms with Crippen molar-refractivity contribution in [1.82, 2.24) is 4.98 Å². The smallest absolute Gasteiger partial charge is 0.205 e. The van der Waals surface area contributed by atoms with Gasteiger partial charge in [0.1, 0.15) is 0 Å². The van der Waals surface area contributed by atoms with Crippen LogP contribution < -0.4 is 4.74 Å². The second kappa shape index (κ2) is 2.20. The molecular weight excluding hydrogens is 166 g/mol. The molecule has 1 aliphatic rings. The van der Waals surface area contributed by atoms with Crippen LogP contribution in [-0.4, -0.2) is 17.4 Å². The van der Waals surface area contributed by atoms with E-state index in [1.807, 2.05) is 0 Å². The number of aromatic nitrogens is 1. The number of hydrogen-bond acceptors (Lipinski definition) is 3. The molecular formula is C7H4ClNO2. The molecule has 0 amide bonds. The highest BCUT2D eigenvalue weighted by Crippen LogP contribution is 2.29. The fraction of sp³-hybridized carbons (Fsp3) is 0.143. The van der Waals surface area contributed by atoms with Crippen LogP contribution in [0.1, 0.15) is 10.4 Å². The van der Waals surface area contributed by atoms with Crippen LogP contribution in [0.2, 0.25) is 5.02 Å². The third-order valence-corrected chi connectivity index (χ3v) is 1.79. The standard InChI is InChI=1S/C7H4ClNO2/c8-4-1-9-2-6-7(4)5(10)3-11-6/h1-2H,3H2. The van der Waals surface area contributed by atoms with Gasteiger partial charge in [-0.1, -0.05) is 11.6 Å². The van der Waals surface area contributed by atoms with Gasteiger partial charge >= 0.3 is 0 Å². The van der Waals surface area contributed by atoms with Gasteiger partial charge in [-0.2, -0.15) is 0 Å². The van der Waals surface area contributed by atoms with Gasteiger partial charge in [0.15, 0.2) is 12.4 Å². The minimum atomic E-state index is -0.0765. The van der Waals surface area contributed by atoms with Crippen LogP contribution in [0.4, 0.5) is 0 Å². The zero-order valence-electron chi connectivity index (χ0n) is 5.50. The van der Waals surface area contributed by atoms with Crippen molar-refractivity contribution in [2.24, 2.45) is 0 Å². The van der Waals surface area contributed by atoms with E-state index in [4.69, 9.17) is 16.3 Å². The number of ketones is 1. The maximum absolute atomic E-state index is 11.0. The Morgan fingerprint density at radius 3 is 3.09 bits per heavy atom. The number of fused-ring (bicyclic) bond motifs is 1. The van der Waals surface area contributed by atoms with Crippen LogP contribution in [0.15, 0.2) is 12.4 Å². The topological polar surface area (TPSA) is 39.2 Å². The first kappa shape index (κ1) is 6.61. The molecule has 0 aromatic carbocycles. The molecule has 11 heavy (non-hydrogen) atoms. The summed E-state index contributed by atoms with van der Waals surface area (Å²) in [5.74, 6) is 0.412. The molecule has 3 nitrogen and oxygen atoms in total. The molecule has 1 aromatic rings. The Kier molecular flexibility index (Phi) is 1.32. The van der Waals surface area contributed by atoms with Gasteiger partial charge in [-0.3, -0.25) is 9.78 Å². The van der Waals surface area contributed by atoms with E-state index in [2.05, 4.69) is 4.98 Å². The van der Waals surface area contributed by atoms with Gasteiger partial charge in [0.05, 0.1) is 16.8 Å². The lowest BCUT2D eigenvalue weighted by Gasteiger charge is -1.95. The highest BCUT2D eigenvalue weighted by atomic mass is 35.5. The molecule has 0 saturated heterocycles. The molecule has 56 valence electrons. The maximum Gasteiger partial charge on any atom is 0.205 e. The lowest BCUT2D eigenvalue weighted by atomic mass is 10.2. The van der Waals surface area contributed by atoms with Crippen LogP contribution in [0.5, 0.6) is 5.75 Å². The van der Waals surface area contributed by atoms with E-state index in [1.54, 1.807) is 0 Å². The third kappa shape index (κ3) is 0.886. The first-order valence-corrected chi connectivity index (χ1v) is 3.46. The summed E-state index contributed by atoms with van der Waals surface area (Å²) in [4.78, 5) is 14.8. The first-order chi connectivity index (χ1) is 5.29. The predicted octanol–water partition coefficient (Wildman–Crippen LogP) is 1.31. The second-order valence-electron chi connectivity index (χ2n) is 2.21. The number of carbonyl (C=O) groups is 1. The summed E-state index contributed by atoms with van der Waals surface area (Å²) in [6.07, 6.45) is 2.93. The quantitative estimate of drug-likeness (QED) is 0.588. The SMILES string of the molecule is O=C1COc2cncc(Cl)c21. The van der Waals surface area contributed by atoms with Crippen LogP contribution in [-0.2, 0) is 0 Å². The van der Waals surface area contributed by atoms with E-state index in [-0.39, 0.29) is 12.4 Å². The molecule has 0 spiro atoms. The number of carbonyl (C=O) groups excluding carboxylic acids is 1. The lowest BCUT2D eigenvalue weighted by molar-refractivity contribution is 0.0961. The molecule has 0 aliphatic carbocycles. The molecule has 0 N–H and O–H groups in total. The van der Waals surface area contributed by atoms with Crippen molar-refractivity contribution in [2.45, 2.75) is 0 Å². The molecule has 0 unspecified atom stereocenters. The average molecular weight is 170 g/mol. The van der Waals surface area contributed by atoms with Gasteiger partial charge in [-0.05, 0) is 0 Å². The normalized spacial score (nSPS) is 14.5. The molecule has 0 saturated carbocycles. The molecule has 2 rings (SSSR count). The molecule has 0 radical (unpaired) electrons. The monoisotopic (exact) mass is 169 g/mol. The van der Waals surface area contributed by atoms with Crippen molar-refractivity contribution >= 4 is 17.4 Å². The Labute approximate surface area is 68.0 Å². The number of nitrogens with zero attached hydrogens (tertiary/aromatic N) is 1. The van der Waals surface area contributed by atoms with E-state index in [0.29, 0.717) is 16.3 Å². The summed E-state index contributed by atoms with van der Waals surface area (Å²) < 4.78 is 5.00. The van der Waals surface area contributed by atoms with Crippen LogP contribution >= 0.6 is 11.6 Å². The zero-order chi connectivity index (χ0) is 7.84. The zero-order valence-corrected chi connectivity index (χ0v) is 6.26. The Balaban J connectivity index is 2.68. The fourth-order valence-corrected chi connectivity index (χ4v) is 1.27. The summed E-state index contributed by atoms with van der Waals surface area (Å²) >= 11 is 5.70.